The SMILES string of the molecule is C=C(/C=C\C(Cl)=C/C)[C@]1(C)N=C2SC(C(=O)N(CC)C3(C(=O)O)CC3)=C(C(C)C)N2C1c1ccc(Cl)c(F)c1. The number of fused-ring (bicyclic) bond motifs is 1. The molecular weight excluding hydrogens is 560 g/mol. The number of carbonyl (C=O) groups is 2. The number of carbonyl (C=O) groups excluding carboxylic acids is 1. The Morgan fingerprint density at radius 3 is 2.54 bits per heavy atom. The van der Waals surface area contributed by atoms with E-state index in [1.165, 1.54) is 28.8 Å². The van der Waals surface area contributed by atoms with E-state index in [1.54, 1.807) is 31.2 Å². The summed E-state index contributed by atoms with van der Waals surface area (Å²) in [6, 6.07) is 4.12. The van der Waals surface area contributed by atoms with Crippen molar-refractivity contribution in [3.05, 3.63) is 80.6 Å². The molecule has 1 N–H and O–H groups in total. The molecule has 6 nitrogen and oxygen atoms in total. The molecule has 1 amide bonds. The molecule has 1 fully saturated rings. The first-order valence-corrected chi connectivity index (χ1v) is 14.4. The number of rotatable bonds is 9. The minimum atomic E-state index is -1.17. The third-order valence-electron chi connectivity index (χ3n) is 7.58. The monoisotopic (exact) mass is 591 g/mol. The van der Waals surface area contributed by atoms with Crippen LogP contribution in [0.2, 0.25) is 5.02 Å². The van der Waals surface area contributed by atoms with Gasteiger partial charge in [0, 0.05) is 17.3 Å². The molecule has 3 aliphatic rings. The molecule has 1 aromatic carbocycles. The van der Waals surface area contributed by atoms with Crippen molar-refractivity contribution in [3.63, 3.8) is 0 Å². The van der Waals surface area contributed by atoms with Gasteiger partial charge in [-0.1, -0.05) is 61.8 Å². The lowest BCUT2D eigenvalue weighted by atomic mass is 9.81. The molecule has 1 aliphatic carbocycles. The fraction of sp³-hybridized carbons (Fsp3) is 0.414. The lowest BCUT2D eigenvalue weighted by Crippen LogP contribution is -2.47. The highest BCUT2D eigenvalue weighted by molar-refractivity contribution is 8.18. The van der Waals surface area contributed by atoms with Gasteiger partial charge < -0.3 is 14.9 Å². The number of nitrogens with zero attached hydrogens (tertiary/aromatic N) is 3. The van der Waals surface area contributed by atoms with Gasteiger partial charge >= 0.3 is 5.97 Å². The van der Waals surface area contributed by atoms with Gasteiger partial charge in [-0.05, 0) is 80.6 Å². The van der Waals surface area contributed by atoms with Crippen molar-refractivity contribution in [2.75, 3.05) is 6.54 Å². The van der Waals surface area contributed by atoms with Gasteiger partial charge in [0.25, 0.3) is 5.91 Å². The molecule has 10 heteroatoms. The second kappa shape index (κ2) is 10.8. The molecule has 2 aliphatic heterocycles. The molecule has 0 spiro atoms. The van der Waals surface area contributed by atoms with Gasteiger partial charge in [0.15, 0.2) is 5.17 Å². The summed E-state index contributed by atoms with van der Waals surface area (Å²) in [6.07, 6.45) is 6.14. The normalized spacial score (nSPS) is 23.9. The standard InChI is InChI=1S/C29H32Cl2FN3O3S/c1-7-19(30)11-9-17(5)28(6)24(18-10-12-20(31)21(32)15-18)35-22(16(3)4)23(39-27(35)33-28)25(36)34(8-2)29(13-14-29)26(37)38/h7,9-12,15-16,24H,5,8,13-14H2,1-4,6H3,(H,37,38)/b11-9-,19-7+/t24?,28-/m0/s1. The van der Waals surface area contributed by atoms with Crippen molar-refractivity contribution in [2.45, 2.75) is 64.6 Å². The number of allylic oxidation sites excluding steroid dienone is 4. The molecule has 1 unspecified atom stereocenters. The van der Waals surface area contributed by atoms with Gasteiger partial charge in [0.05, 0.1) is 11.1 Å². The minimum absolute atomic E-state index is 0.00598. The van der Waals surface area contributed by atoms with Crippen LogP contribution in [0.4, 0.5) is 4.39 Å². The number of aliphatic imine (C=N–C) groups is 1. The molecule has 1 aromatic rings. The predicted octanol–water partition coefficient (Wildman–Crippen LogP) is 7.29. The zero-order valence-corrected chi connectivity index (χ0v) is 24.9. The first kappa shape index (κ1) is 29.4. The first-order valence-electron chi connectivity index (χ1n) is 12.8. The van der Waals surface area contributed by atoms with Crippen molar-refractivity contribution in [1.82, 2.24) is 9.80 Å². The molecule has 39 heavy (non-hydrogen) atoms. The fourth-order valence-corrected chi connectivity index (χ4v) is 6.80. The summed E-state index contributed by atoms with van der Waals surface area (Å²) >= 11 is 13.5. The van der Waals surface area contributed by atoms with Crippen LogP contribution in [0.1, 0.15) is 59.1 Å². The zero-order valence-electron chi connectivity index (χ0n) is 22.6. The highest BCUT2D eigenvalue weighted by Crippen LogP contribution is 2.55. The predicted molar refractivity (Wildman–Crippen MR) is 156 cm³/mol. The number of amides is 1. The van der Waals surface area contributed by atoms with Crippen molar-refractivity contribution in [2.24, 2.45) is 10.9 Å². The van der Waals surface area contributed by atoms with E-state index in [0.29, 0.717) is 39.1 Å². The lowest BCUT2D eigenvalue weighted by molar-refractivity contribution is -0.150. The van der Waals surface area contributed by atoms with Gasteiger partial charge in [-0.2, -0.15) is 0 Å². The summed E-state index contributed by atoms with van der Waals surface area (Å²) in [5.41, 5.74) is -0.111. The van der Waals surface area contributed by atoms with Gasteiger partial charge in [-0.15, -0.1) is 0 Å². The van der Waals surface area contributed by atoms with Crippen molar-refractivity contribution < 1.29 is 19.1 Å². The van der Waals surface area contributed by atoms with Crippen LogP contribution in [-0.4, -0.2) is 49.6 Å². The Morgan fingerprint density at radius 1 is 1.36 bits per heavy atom. The maximum absolute atomic E-state index is 14.8. The highest BCUT2D eigenvalue weighted by Gasteiger charge is 2.59. The molecule has 0 aromatic heterocycles. The van der Waals surface area contributed by atoms with E-state index in [2.05, 4.69) is 6.58 Å². The Hall–Kier alpha value is -2.55. The minimum Gasteiger partial charge on any atom is -0.479 e. The number of thioether (sulfide) groups is 1. The quantitative estimate of drug-likeness (QED) is 0.305. The third kappa shape index (κ3) is 4.96. The van der Waals surface area contributed by atoms with E-state index in [-0.39, 0.29) is 23.4 Å². The van der Waals surface area contributed by atoms with Crippen LogP contribution in [-0.2, 0) is 9.59 Å². The van der Waals surface area contributed by atoms with Crippen LogP contribution in [0.5, 0.6) is 0 Å². The molecule has 0 saturated heterocycles. The summed E-state index contributed by atoms with van der Waals surface area (Å²) in [5, 5.41) is 11.0. The molecule has 1 saturated carbocycles. The number of halogens is 3. The third-order valence-corrected chi connectivity index (χ3v) is 9.29. The summed E-state index contributed by atoms with van der Waals surface area (Å²) in [5.74, 6) is -2.00. The second-order valence-corrected chi connectivity index (χ2v) is 12.2. The average Bonchev–Trinajstić information content (AvgIpc) is 3.53. The summed E-state index contributed by atoms with van der Waals surface area (Å²) in [4.78, 5) is 35.0. The Bertz CT molecular complexity index is 1370. The van der Waals surface area contributed by atoms with Crippen molar-refractivity contribution in [1.29, 1.82) is 0 Å². The van der Waals surface area contributed by atoms with Crippen LogP contribution in [0.3, 0.4) is 0 Å². The topological polar surface area (TPSA) is 73.2 Å². The average molecular weight is 593 g/mol. The second-order valence-electron chi connectivity index (χ2n) is 10.4. The number of amidine groups is 1. The van der Waals surface area contributed by atoms with Crippen molar-refractivity contribution in [3.8, 4) is 0 Å². The van der Waals surface area contributed by atoms with E-state index in [4.69, 9.17) is 28.2 Å². The van der Waals surface area contributed by atoms with E-state index in [0.717, 1.165) is 5.70 Å². The summed E-state index contributed by atoms with van der Waals surface area (Å²) in [6.45, 7) is 14.0. The van der Waals surface area contributed by atoms with Crippen LogP contribution >= 0.6 is 35.0 Å². The number of benzene rings is 1. The first-order chi connectivity index (χ1) is 18.3. The summed E-state index contributed by atoms with van der Waals surface area (Å²) < 4.78 is 14.8. The van der Waals surface area contributed by atoms with E-state index < -0.39 is 28.9 Å². The number of carboxylic acid groups (broad SMARTS) is 1. The smallest absolute Gasteiger partial charge is 0.329 e. The Balaban J connectivity index is 1.86. The van der Waals surface area contributed by atoms with Crippen LogP contribution in [0, 0.1) is 11.7 Å². The number of likely N-dealkylation sites (N-methyl/N-ethyl adjacent to an activating group) is 1. The fourth-order valence-electron chi connectivity index (χ4n) is 5.27. The number of carboxylic acids is 1. The van der Waals surface area contributed by atoms with Gasteiger partial charge in [0.1, 0.15) is 21.8 Å². The molecule has 208 valence electrons. The molecule has 0 radical (unpaired) electrons. The molecule has 4 rings (SSSR count). The van der Waals surface area contributed by atoms with Crippen LogP contribution < -0.4 is 0 Å². The molecular formula is C29H32Cl2FN3O3S. The van der Waals surface area contributed by atoms with E-state index in [9.17, 15) is 19.1 Å². The Labute approximate surface area is 242 Å². The van der Waals surface area contributed by atoms with Crippen LogP contribution in [0.15, 0.2) is 69.2 Å². The maximum atomic E-state index is 14.8. The number of aliphatic carboxylic acids is 1. The summed E-state index contributed by atoms with van der Waals surface area (Å²) in [7, 11) is 0. The Kier molecular flexibility index (Phi) is 8.14. The Morgan fingerprint density at radius 2 is 2.03 bits per heavy atom. The lowest BCUT2D eigenvalue weighted by Gasteiger charge is -2.37. The number of hydrogen-bond donors (Lipinski definition) is 1. The number of hydrogen-bond acceptors (Lipinski definition) is 5. The zero-order chi connectivity index (χ0) is 28.9. The highest BCUT2D eigenvalue weighted by atomic mass is 35.5. The molecule has 2 atom stereocenters. The molecule has 0 bridgehead atoms. The largest absolute Gasteiger partial charge is 0.479 e. The van der Waals surface area contributed by atoms with Crippen LogP contribution in [0.25, 0.3) is 0 Å². The van der Waals surface area contributed by atoms with E-state index >= 15 is 0 Å². The molecule has 2 heterocycles. The maximum Gasteiger partial charge on any atom is 0.329 e. The van der Waals surface area contributed by atoms with Crippen molar-refractivity contribution >= 4 is 52.0 Å². The van der Waals surface area contributed by atoms with E-state index in [1.807, 2.05) is 32.6 Å². The van der Waals surface area contributed by atoms with Gasteiger partial charge in [-0.3, -0.25) is 4.79 Å². The van der Waals surface area contributed by atoms with Gasteiger partial charge in [-0.25, -0.2) is 14.2 Å². The van der Waals surface area contributed by atoms with Gasteiger partial charge in [0.2, 0.25) is 0 Å².